The molecule has 1 rings (SSSR count). The summed E-state index contributed by atoms with van der Waals surface area (Å²) in [6, 6.07) is 5.00. The van der Waals surface area contributed by atoms with Crippen LogP contribution in [0.25, 0.3) is 0 Å². The Labute approximate surface area is 96.6 Å². The topological polar surface area (TPSA) is 35.2 Å². The Hall–Kier alpha value is -1.09. The van der Waals surface area contributed by atoms with E-state index in [4.69, 9.17) is 10.5 Å². The average Bonchev–Trinajstić information content (AvgIpc) is 2.23. The van der Waals surface area contributed by atoms with Gasteiger partial charge >= 0.3 is 0 Å². The predicted molar refractivity (Wildman–Crippen MR) is 64.5 cm³/mol. The van der Waals surface area contributed by atoms with Gasteiger partial charge in [-0.3, -0.25) is 0 Å². The first-order chi connectivity index (χ1) is 7.61. The van der Waals surface area contributed by atoms with E-state index in [0.29, 0.717) is 24.7 Å². The van der Waals surface area contributed by atoms with Crippen molar-refractivity contribution in [2.45, 2.75) is 33.3 Å². The molecule has 0 unspecified atom stereocenters. The lowest BCUT2D eigenvalue weighted by atomic mass is 10.1. The van der Waals surface area contributed by atoms with Gasteiger partial charge in [0.2, 0.25) is 0 Å². The molecular formula is C13H20FNO. The third-order valence-electron chi connectivity index (χ3n) is 2.44. The van der Waals surface area contributed by atoms with Crippen molar-refractivity contribution in [3.63, 3.8) is 0 Å². The van der Waals surface area contributed by atoms with Gasteiger partial charge in [0.1, 0.15) is 0 Å². The van der Waals surface area contributed by atoms with Gasteiger partial charge in [-0.15, -0.1) is 0 Å². The number of nitrogens with two attached hydrogens (primary N) is 1. The zero-order valence-corrected chi connectivity index (χ0v) is 10.0. The van der Waals surface area contributed by atoms with Crippen LogP contribution in [0.4, 0.5) is 10.1 Å². The number of hydrogen-bond donors (Lipinski definition) is 1. The normalized spacial score (nSPS) is 11.0. The molecule has 0 spiro atoms. The third kappa shape index (κ3) is 4.19. The highest BCUT2D eigenvalue weighted by Gasteiger charge is 2.04. The summed E-state index contributed by atoms with van der Waals surface area (Å²) in [5.41, 5.74) is 6.18. The Morgan fingerprint density at radius 1 is 1.38 bits per heavy atom. The highest BCUT2D eigenvalue weighted by atomic mass is 19.1. The summed E-state index contributed by atoms with van der Waals surface area (Å²) < 4.78 is 18.8. The van der Waals surface area contributed by atoms with Crippen LogP contribution in [0.3, 0.4) is 0 Å². The van der Waals surface area contributed by atoms with Gasteiger partial charge in [-0.2, -0.15) is 0 Å². The first-order valence-corrected chi connectivity index (χ1v) is 5.72. The molecule has 16 heavy (non-hydrogen) atoms. The SMILES string of the molecule is CC(C)CCCOCc1cccc(N)c1F. The van der Waals surface area contributed by atoms with Crippen LogP contribution < -0.4 is 5.73 Å². The van der Waals surface area contributed by atoms with E-state index in [0.717, 1.165) is 12.8 Å². The monoisotopic (exact) mass is 225 g/mol. The van der Waals surface area contributed by atoms with E-state index in [1.807, 2.05) is 0 Å². The first kappa shape index (κ1) is 13.0. The zero-order chi connectivity index (χ0) is 12.0. The minimum absolute atomic E-state index is 0.184. The number of ether oxygens (including phenoxy) is 1. The van der Waals surface area contributed by atoms with Gasteiger partial charge in [0.15, 0.2) is 5.82 Å². The zero-order valence-electron chi connectivity index (χ0n) is 10.0. The summed E-state index contributed by atoms with van der Waals surface area (Å²) in [5, 5.41) is 0. The Morgan fingerprint density at radius 3 is 2.81 bits per heavy atom. The molecule has 0 atom stereocenters. The summed E-state index contributed by atoms with van der Waals surface area (Å²) in [5.74, 6) is 0.332. The van der Waals surface area contributed by atoms with Crippen LogP contribution in [0.5, 0.6) is 0 Å². The molecule has 1 aromatic rings. The third-order valence-corrected chi connectivity index (χ3v) is 2.44. The molecule has 0 amide bonds. The molecule has 2 nitrogen and oxygen atoms in total. The smallest absolute Gasteiger partial charge is 0.151 e. The van der Waals surface area contributed by atoms with E-state index in [1.54, 1.807) is 18.2 Å². The van der Waals surface area contributed by atoms with E-state index in [-0.39, 0.29) is 11.5 Å². The Morgan fingerprint density at radius 2 is 2.12 bits per heavy atom. The number of nitrogen functional groups attached to an aromatic ring is 1. The fourth-order valence-corrected chi connectivity index (χ4v) is 1.49. The van der Waals surface area contributed by atoms with Gasteiger partial charge in [-0.1, -0.05) is 26.0 Å². The van der Waals surface area contributed by atoms with E-state index in [1.165, 1.54) is 0 Å². The van der Waals surface area contributed by atoms with Crippen LogP contribution in [0.1, 0.15) is 32.3 Å². The fourth-order valence-electron chi connectivity index (χ4n) is 1.49. The van der Waals surface area contributed by atoms with Gasteiger partial charge in [0.05, 0.1) is 12.3 Å². The molecule has 90 valence electrons. The minimum Gasteiger partial charge on any atom is -0.396 e. The number of hydrogen-bond acceptors (Lipinski definition) is 2. The van der Waals surface area contributed by atoms with Gasteiger partial charge in [0.25, 0.3) is 0 Å². The molecule has 0 heterocycles. The van der Waals surface area contributed by atoms with Crippen LogP contribution in [-0.4, -0.2) is 6.61 Å². The Bertz CT molecular complexity index is 326. The first-order valence-electron chi connectivity index (χ1n) is 5.72. The van der Waals surface area contributed by atoms with Crippen molar-refractivity contribution in [2.24, 2.45) is 5.92 Å². The van der Waals surface area contributed by atoms with Crippen molar-refractivity contribution in [1.82, 2.24) is 0 Å². The van der Waals surface area contributed by atoms with Crippen molar-refractivity contribution < 1.29 is 9.13 Å². The number of benzene rings is 1. The average molecular weight is 225 g/mol. The molecule has 0 aliphatic heterocycles. The minimum atomic E-state index is -0.355. The molecule has 1 aromatic carbocycles. The molecular weight excluding hydrogens is 205 g/mol. The molecule has 3 heteroatoms. The molecule has 0 saturated heterocycles. The predicted octanol–water partition coefficient (Wildman–Crippen LogP) is 3.36. The number of rotatable bonds is 6. The number of halogens is 1. The Balaban J connectivity index is 2.29. The lowest BCUT2D eigenvalue weighted by Gasteiger charge is -2.07. The van der Waals surface area contributed by atoms with Gasteiger partial charge in [0, 0.05) is 12.2 Å². The summed E-state index contributed by atoms with van der Waals surface area (Å²) >= 11 is 0. The van der Waals surface area contributed by atoms with Crippen LogP contribution in [-0.2, 0) is 11.3 Å². The van der Waals surface area contributed by atoms with Crippen molar-refractivity contribution in [3.05, 3.63) is 29.6 Å². The summed E-state index contributed by atoms with van der Waals surface area (Å²) in [6.07, 6.45) is 2.15. The summed E-state index contributed by atoms with van der Waals surface area (Å²) in [4.78, 5) is 0. The maximum atomic E-state index is 13.4. The molecule has 0 fully saturated rings. The van der Waals surface area contributed by atoms with Crippen molar-refractivity contribution >= 4 is 5.69 Å². The largest absolute Gasteiger partial charge is 0.396 e. The van der Waals surface area contributed by atoms with E-state index >= 15 is 0 Å². The summed E-state index contributed by atoms with van der Waals surface area (Å²) in [6.45, 7) is 5.33. The molecule has 0 aliphatic carbocycles. The van der Waals surface area contributed by atoms with Crippen molar-refractivity contribution in [2.75, 3.05) is 12.3 Å². The standard InChI is InChI=1S/C13H20FNO/c1-10(2)5-4-8-16-9-11-6-3-7-12(15)13(11)14/h3,6-7,10H,4-5,8-9,15H2,1-2H3. The second-order valence-corrected chi connectivity index (χ2v) is 4.41. The molecule has 0 radical (unpaired) electrons. The van der Waals surface area contributed by atoms with Gasteiger partial charge in [-0.05, 0) is 24.8 Å². The van der Waals surface area contributed by atoms with E-state index in [2.05, 4.69) is 13.8 Å². The lowest BCUT2D eigenvalue weighted by Crippen LogP contribution is -2.01. The van der Waals surface area contributed by atoms with Crippen LogP contribution in [0.15, 0.2) is 18.2 Å². The van der Waals surface area contributed by atoms with E-state index in [9.17, 15) is 4.39 Å². The van der Waals surface area contributed by atoms with Gasteiger partial charge in [-0.25, -0.2) is 4.39 Å². The Kier molecular flexibility index (Phi) is 5.26. The molecule has 0 aliphatic rings. The molecule has 0 saturated carbocycles. The lowest BCUT2D eigenvalue weighted by molar-refractivity contribution is 0.112. The summed E-state index contributed by atoms with van der Waals surface area (Å²) in [7, 11) is 0. The maximum absolute atomic E-state index is 13.4. The fraction of sp³-hybridized carbons (Fsp3) is 0.538. The second kappa shape index (κ2) is 6.48. The van der Waals surface area contributed by atoms with E-state index < -0.39 is 0 Å². The van der Waals surface area contributed by atoms with Crippen molar-refractivity contribution in [3.8, 4) is 0 Å². The van der Waals surface area contributed by atoms with Gasteiger partial charge < -0.3 is 10.5 Å². The van der Waals surface area contributed by atoms with Crippen LogP contribution in [0, 0.1) is 11.7 Å². The van der Waals surface area contributed by atoms with Crippen LogP contribution in [0.2, 0.25) is 0 Å². The quantitative estimate of drug-likeness (QED) is 0.595. The second-order valence-electron chi connectivity index (χ2n) is 4.41. The van der Waals surface area contributed by atoms with Crippen molar-refractivity contribution in [1.29, 1.82) is 0 Å². The highest BCUT2D eigenvalue weighted by molar-refractivity contribution is 5.42. The maximum Gasteiger partial charge on any atom is 0.151 e. The molecule has 2 N–H and O–H groups in total. The van der Waals surface area contributed by atoms with Crippen LogP contribution >= 0.6 is 0 Å². The number of anilines is 1. The molecule has 0 aromatic heterocycles. The highest BCUT2D eigenvalue weighted by Crippen LogP contribution is 2.15. The molecule has 0 bridgehead atoms.